The van der Waals surface area contributed by atoms with Crippen LogP contribution in [0, 0.1) is 6.92 Å². The summed E-state index contributed by atoms with van der Waals surface area (Å²) < 4.78 is 1.73. The minimum Gasteiger partial charge on any atom is -0.267 e. The van der Waals surface area contributed by atoms with Gasteiger partial charge in [0.15, 0.2) is 0 Å². The highest BCUT2D eigenvalue weighted by Gasteiger charge is 2.33. The van der Waals surface area contributed by atoms with Crippen LogP contribution < -0.4 is 0 Å². The number of hydrazine groups is 1. The monoisotopic (exact) mass is 361 g/mol. The SMILES string of the molecule is Cc1c(C(=O)N2CCCN2C(=O)c2ccncc2)cnn1-c1ccccc1. The largest absolute Gasteiger partial charge is 0.275 e. The van der Waals surface area contributed by atoms with E-state index in [2.05, 4.69) is 10.1 Å². The molecule has 136 valence electrons. The van der Waals surface area contributed by atoms with Crippen molar-refractivity contribution in [3.63, 3.8) is 0 Å². The van der Waals surface area contributed by atoms with Crippen molar-refractivity contribution in [2.45, 2.75) is 13.3 Å². The van der Waals surface area contributed by atoms with Gasteiger partial charge >= 0.3 is 0 Å². The zero-order valence-corrected chi connectivity index (χ0v) is 14.9. The second-order valence-electron chi connectivity index (χ2n) is 6.34. The van der Waals surface area contributed by atoms with E-state index >= 15 is 0 Å². The molecule has 3 heterocycles. The Morgan fingerprint density at radius 2 is 1.59 bits per heavy atom. The molecule has 1 fully saturated rings. The Kier molecular flexibility index (Phi) is 4.42. The molecule has 1 aliphatic rings. The van der Waals surface area contributed by atoms with Crippen molar-refractivity contribution in [3.8, 4) is 5.69 Å². The first-order valence-corrected chi connectivity index (χ1v) is 8.80. The Balaban J connectivity index is 1.61. The first-order chi connectivity index (χ1) is 13.2. The van der Waals surface area contributed by atoms with Crippen LogP contribution in [0.2, 0.25) is 0 Å². The van der Waals surface area contributed by atoms with Crippen molar-refractivity contribution >= 4 is 11.8 Å². The fraction of sp³-hybridized carbons (Fsp3) is 0.200. The molecule has 1 aliphatic heterocycles. The number of rotatable bonds is 3. The van der Waals surface area contributed by atoms with Crippen molar-refractivity contribution in [1.82, 2.24) is 24.8 Å². The molecule has 0 unspecified atom stereocenters. The molecule has 0 radical (unpaired) electrons. The number of carbonyl (C=O) groups excluding carboxylic acids is 2. The van der Waals surface area contributed by atoms with Gasteiger partial charge in [0.1, 0.15) is 0 Å². The topological polar surface area (TPSA) is 71.3 Å². The predicted molar refractivity (Wildman–Crippen MR) is 99.2 cm³/mol. The maximum atomic E-state index is 13.1. The van der Waals surface area contributed by atoms with E-state index in [9.17, 15) is 9.59 Å². The van der Waals surface area contributed by atoms with Crippen LogP contribution in [0.1, 0.15) is 32.8 Å². The summed E-state index contributed by atoms with van der Waals surface area (Å²) in [6, 6.07) is 13.0. The van der Waals surface area contributed by atoms with Crippen molar-refractivity contribution in [1.29, 1.82) is 0 Å². The molecule has 1 saturated heterocycles. The first kappa shape index (κ1) is 17.0. The van der Waals surface area contributed by atoms with Gasteiger partial charge < -0.3 is 0 Å². The number of para-hydroxylation sites is 1. The molecule has 3 aromatic rings. The molecule has 4 rings (SSSR count). The number of benzene rings is 1. The standard InChI is InChI=1S/C20H19N5O2/c1-15-18(14-22-25(15)17-6-3-2-4-7-17)20(27)24-13-5-12-23(24)19(26)16-8-10-21-11-9-16/h2-4,6-11,14H,5,12-13H2,1H3. The van der Waals surface area contributed by atoms with E-state index in [-0.39, 0.29) is 11.8 Å². The quantitative estimate of drug-likeness (QED) is 0.719. The van der Waals surface area contributed by atoms with E-state index in [1.165, 1.54) is 10.0 Å². The molecular weight excluding hydrogens is 342 g/mol. The van der Waals surface area contributed by atoms with E-state index in [4.69, 9.17) is 0 Å². The predicted octanol–water partition coefficient (Wildman–Crippen LogP) is 2.48. The highest BCUT2D eigenvalue weighted by Crippen LogP contribution is 2.21. The minimum atomic E-state index is -0.213. The summed E-state index contributed by atoms with van der Waals surface area (Å²) in [4.78, 5) is 29.9. The smallest absolute Gasteiger partial charge is 0.267 e. The van der Waals surface area contributed by atoms with Crippen LogP contribution in [-0.2, 0) is 0 Å². The van der Waals surface area contributed by atoms with Crippen LogP contribution in [0.3, 0.4) is 0 Å². The third kappa shape index (κ3) is 3.08. The Labute approximate surface area is 156 Å². The van der Waals surface area contributed by atoms with E-state index in [0.717, 1.165) is 17.8 Å². The van der Waals surface area contributed by atoms with Gasteiger partial charge in [-0.3, -0.25) is 14.6 Å². The lowest BCUT2D eigenvalue weighted by molar-refractivity contribution is 0.0185. The van der Waals surface area contributed by atoms with Gasteiger partial charge in [-0.1, -0.05) is 18.2 Å². The highest BCUT2D eigenvalue weighted by atomic mass is 16.2. The van der Waals surface area contributed by atoms with Crippen molar-refractivity contribution in [2.24, 2.45) is 0 Å². The van der Waals surface area contributed by atoms with Crippen LogP contribution >= 0.6 is 0 Å². The van der Waals surface area contributed by atoms with E-state index in [1.54, 1.807) is 35.4 Å². The minimum absolute atomic E-state index is 0.198. The zero-order valence-electron chi connectivity index (χ0n) is 14.9. The molecule has 2 aromatic heterocycles. The number of aromatic nitrogens is 3. The van der Waals surface area contributed by atoms with Crippen LogP contribution in [0.4, 0.5) is 0 Å². The average molecular weight is 361 g/mol. The molecule has 0 spiro atoms. The number of hydrogen-bond acceptors (Lipinski definition) is 4. The lowest BCUT2D eigenvalue weighted by Crippen LogP contribution is -2.45. The summed E-state index contributed by atoms with van der Waals surface area (Å²) in [7, 11) is 0. The molecule has 0 N–H and O–H groups in total. The van der Waals surface area contributed by atoms with Gasteiger partial charge in [0.2, 0.25) is 0 Å². The summed E-state index contributed by atoms with van der Waals surface area (Å²) in [5, 5.41) is 7.39. The number of amides is 2. The molecule has 0 saturated carbocycles. The van der Waals surface area contributed by atoms with Crippen molar-refractivity contribution < 1.29 is 9.59 Å². The number of carbonyl (C=O) groups is 2. The van der Waals surface area contributed by atoms with Gasteiger partial charge in [0, 0.05) is 31.0 Å². The number of hydrogen-bond donors (Lipinski definition) is 0. The molecule has 1 aromatic carbocycles. The Morgan fingerprint density at radius 1 is 0.926 bits per heavy atom. The third-order valence-electron chi connectivity index (χ3n) is 4.67. The van der Waals surface area contributed by atoms with E-state index in [1.807, 2.05) is 37.3 Å². The first-order valence-electron chi connectivity index (χ1n) is 8.80. The molecule has 7 nitrogen and oxygen atoms in total. The molecule has 2 amide bonds. The normalized spacial score (nSPS) is 13.8. The van der Waals surface area contributed by atoms with E-state index < -0.39 is 0 Å². The fourth-order valence-electron chi connectivity index (χ4n) is 3.27. The summed E-state index contributed by atoms with van der Waals surface area (Å²) in [5.41, 5.74) is 2.64. The van der Waals surface area contributed by atoms with Crippen LogP contribution in [0.25, 0.3) is 5.69 Å². The Hall–Kier alpha value is -3.48. The van der Waals surface area contributed by atoms with Crippen molar-refractivity contribution in [2.75, 3.05) is 13.1 Å². The summed E-state index contributed by atoms with van der Waals surface area (Å²) in [6.07, 6.45) is 5.46. The summed E-state index contributed by atoms with van der Waals surface area (Å²) in [5.74, 6) is -0.411. The second kappa shape index (κ2) is 7.03. The average Bonchev–Trinajstić information content (AvgIpc) is 3.35. The maximum Gasteiger partial charge on any atom is 0.275 e. The number of nitrogens with zero attached hydrogens (tertiary/aromatic N) is 5. The summed E-state index contributed by atoms with van der Waals surface area (Å²) >= 11 is 0. The second-order valence-corrected chi connectivity index (χ2v) is 6.34. The molecular formula is C20H19N5O2. The molecule has 0 atom stereocenters. The zero-order chi connectivity index (χ0) is 18.8. The lowest BCUT2D eigenvalue weighted by Gasteiger charge is -2.27. The van der Waals surface area contributed by atoms with Gasteiger partial charge in [0.05, 0.1) is 23.1 Å². The maximum absolute atomic E-state index is 13.1. The lowest BCUT2D eigenvalue weighted by atomic mass is 10.2. The van der Waals surface area contributed by atoms with Gasteiger partial charge in [0.25, 0.3) is 11.8 Å². The van der Waals surface area contributed by atoms with Crippen LogP contribution in [0.5, 0.6) is 0 Å². The fourth-order valence-corrected chi connectivity index (χ4v) is 3.27. The molecule has 0 bridgehead atoms. The molecule has 27 heavy (non-hydrogen) atoms. The third-order valence-corrected chi connectivity index (χ3v) is 4.67. The van der Waals surface area contributed by atoms with E-state index in [0.29, 0.717) is 24.2 Å². The van der Waals surface area contributed by atoms with Crippen molar-refractivity contribution in [3.05, 3.63) is 77.9 Å². The number of pyridine rings is 1. The molecule has 7 heteroatoms. The van der Waals surface area contributed by atoms with Gasteiger partial charge in [-0.15, -0.1) is 0 Å². The molecule has 0 aliphatic carbocycles. The van der Waals surface area contributed by atoms with Gasteiger partial charge in [-0.25, -0.2) is 14.7 Å². The van der Waals surface area contributed by atoms with Gasteiger partial charge in [-0.05, 0) is 37.6 Å². The Bertz CT molecular complexity index is 969. The van der Waals surface area contributed by atoms with Crippen LogP contribution in [0.15, 0.2) is 61.1 Å². The van der Waals surface area contributed by atoms with Crippen LogP contribution in [-0.4, -0.2) is 49.7 Å². The summed E-state index contributed by atoms with van der Waals surface area (Å²) in [6.45, 7) is 2.88. The van der Waals surface area contributed by atoms with Gasteiger partial charge in [-0.2, -0.15) is 5.10 Å². The highest BCUT2D eigenvalue weighted by molar-refractivity contribution is 5.99. The Morgan fingerprint density at radius 3 is 2.30 bits per heavy atom.